The molecule has 3 aromatic rings. The Labute approximate surface area is 177 Å². The van der Waals surface area contributed by atoms with Crippen LogP contribution < -0.4 is 15.4 Å². The van der Waals surface area contributed by atoms with E-state index < -0.39 is 0 Å². The van der Waals surface area contributed by atoms with Crippen LogP contribution in [0.15, 0.2) is 72.8 Å². The first kappa shape index (κ1) is 21.1. The maximum Gasteiger partial charge on any atom is 0.255 e. The van der Waals surface area contributed by atoms with E-state index in [1.807, 2.05) is 74.5 Å². The predicted octanol–water partition coefficient (Wildman–Crippen LogP) is 4.50. The molecule has 0 aliphatic heterocycles. The van der Waals surface area contributed by atoms with Gasteiger partial charge in [-0.1, -0.05) is 42.0 Å². The second-order valence-corrected chi connectivity index (χ2v) is 7.05. The SMILES string of the molecule is CCOc1ccc(CC(=O)NCc2cccc(NC(=O)c3ccc(C)cc3)c2)cc1. The molecular formula is C25H26N2O3. The van der Waals surface area contributed by atoms with Gasteiger partial charge in [-0.2, -0.15) is 0 Å². The molecule has 0 unspecified atom stereocenters. The number of amides is 2. The van der Waals surface area contributed by atoms with E-state index in [-0.39, 0.29) is 11.8 Å². The number of hydrogen-bond donors (Lipinski definition) is 2. The van der Waals surface area contributed by atoms with E-state index in [9.17, 15) is 9.59 Å². The molecule has 2 amide bonds. The predicted molar refractivity (Wildman–Crippen MR) is 119 cm³/mol. The third-order valence-corrected chi connectivity index (χ3v) is 4.59. The smallest absolute Gasteiger partial charge is 0.255 e. The van der Waals surface area contributed by atoms with Crippen molar-refractivity contribution in [3.8, 4) is 5.75 Å². The second kappa shape index (κ2) is 10.3. The van der Waals surface area contributed by atoms with Crippen LogP contribution in [0.25, 0.3) is 0 Å². The normalized spacial score (nSPS) is 10.3. The van der Waals surface area contributed by atoms with Gasteiger partial charge in [-0.05, 0) is 61.4 Å². The van der Waals surface area contributed by atoms with Crippen LogP contribution in [0.5, 0.6) is 5.75 Å². The highest BCUT2D eigenvalue weighted by Crippen LogP contribution is 2.14. The number of benzene rings is 3. The minimum absolute atomic E-state index is 0.0618. The molecule has 0 saturated carbocycles. The third kappa shape index (κ3) is 6.21. The van der Waals surface area contributed by atoms with Crippen molar-refractivity contribution in [1.29, 1.82) is 0 Å². The fourth-order valence-electron chi connectivity index (χ4n) is 2.99. The van der Waals surface area contributed by atoms with Gasteiger partial charge in [-0.25, -0.2) is 0 Å². The Morgan fingerprint density at radius 2 is 1.63 bits per heavy atom. The Balaban J connectivity index is 1.52. The lowest BCUT2D eigenvalue weighted by molar-refractivity contribution is -0.120. The number of hydrogen-bond acceptors (Lipinski definition) is 3. The summed E-state index contributed by atoms with van der Waals surface area (Å²) in [7, 11) is 0. The first-order chi connectivity index (χ1) is 14.5. The van der Waals surface area contributed by atoms with Crippen molar-refractivity contribution in [3.05, 3.63) is 95.1 Å². The zero-order chi connectivity index (χ0) is 21.3. The molecule has 3 aromatic carbocycles. The highest BCUT2D eigenvalue weighted by Gasteiger charge is 2.07. The highest BCUT2D eigenvalue weighted by atomic mass is 16.5. The van der Waals surface area contributed by atoms with Crippen LogP contribution >= 0.6 is 0 Å². The molecule has 3 rings (SSSR count). The van der Waals surface area contributed by atoms with E-state index in [2.05, 4.69) is 10.6 Å². The lowest BCUT2D eigenvalue weighted by atomic mass is 10.1. The Kier molecular flexibility index (Phi) is 7.22. The number of anilines is 1. The highest BCUT2D eigenvalue weighted by molar-refractivity contribution is 6.04. The summed E-state index contributed by atoms with van der Waals surface area (Å²) in [5, 5.41) is 5.82. The van der Waals surface area contributed by atoms with E-state index in [4.69, 9.17) is 4.74 Å². The van der Waals surface area contributed by atoms with E-state index >= 15 is 0 Å². The molecule has 5 nitrogen and oxygen atoms in total. The molecule has 0 heterocycles. The molecule has 0 aromatic heterocycles. The van der Waals surface area contributed by atoms with Crippen LogP contribution in [0.3, 0.4) is 0 Å². The zero-order valence-corrected chi connectivity index (χ0v) is 17.3. The molecule has 0 saturated heterocycles. The van der Waals surface area contributed by atoms with Gasteiger partial charge in [0.2, 0.25) is 5.91 Å². The lowest BCUT2D eigenvalue weighted by Gasteiger charge is -2.09. The zero-order valence-electron chi connectivity index (χ0n) is 17.3. The van der Waals surface area contributed by atoms with Gasteiger partial charge in [0.15, 0.2) is 0 Å². The molecule has 5 heteroatoms. The van der Waals surface area contributed by atoms with Gasteiger partial charge in [0, 0.05) is 17.8 Å². The maximum absolute atomic E-state index is 12.4. The van der Waals surface area contributed by atoms with Gasteiger partial charge in [0.1, 0.15) is 5.75 Å². The van der Waals surface area contributed by atoms with Gasteiger partial charge in [0.05, 0.1) is 13.0 Å². The summed E-state index contributed by atoms with van der Waals surface area (Å²) in [4.78, 5) is 24.6. The maximum atomic E-state index is 12.4. The first-order valence-corrected chi connectivity index (χ1v) is 9.99. The lowest BCUT2D eigenvalue weighted by Crippen LogP contribution is -2.24. The van der Waals surface area contributed by atoms with Gasteiger partial charge < -0.3 is 15.4 Å². The molecule has 2 N–H and O–H groups in total. The van der Waals surface area contributed by atoms with Crippen molar-refractivity contribution < 1.29 is 14.3 Å². The van der Waals surface area contributed by atoms with Crippen LogP contribution in [0.2, 0.25) is 0 Å². The third-order valence-electron chi connectivity index (χ3n) is 4.59. The monoisotopic (exact) mass is 402 g/mol. The molecule has 0 aliphatic rings. The average molecular weight is 402 g/mol. The topological polar surface area (TPSA) is 67.4 Å². The molecule has 0 atom stereocenters. The van der Waals surface area contributed by atoms with Gasteiger partial charge in [0.25, 0.3) is 5.91 Å². The minimum Gasteiger partial charge on any atom is -0.494 e. The van der Waals surface area contributed by atoms with Crippen molar-refractivity contribution in [2.24, 2.45) is 0 Å². The first-order valence-electron chi connectivity index (χ1n) is 9.99. The molecule has 0 radical (unpaired) electrons. The summed E-state index contributed by atoms with van der Waals surface area (Å²) in [6, 6.07) is 22.4. The van der Waals surface area contributed by atoms with Crippen molar-refractivity contribution >= 4 is 17.5 Å². The summed E-state index contributed by atoms with van der Waals surface area (Å²) in [6.07, 6.45) is 0.302. The van der Waals surface area contributed by atoms with Crippen LogP contribution in [0.1, 0.15) is 34.0 Å². The largest absolute Gasteiger partial charge is 0.494 e. The van der Waals surface area contributed by atoms with Crippen LogP contribution in [0, 0.1) is 6.92 Å². The molecule has 0 fully saturated rings. The summed E-state index contributed by atoms with van der Waals surface area (Å²) >= 11 is 0. The van der Waals surface area contributed by atoms with E-state index in [1.54, 1.807) is 12.1 Å². The summed E-state index contributed by atoms with van der Waals surface area (Å²) in [5.74, 6) is 0.575. The van der Waals surface area contributed by atoms with Crippen LogP contribution in [-0.4, -0.2) is 18.4 Å². The van der Waals surface area contributed by atoms with E-state index in [0.29, 0.717) is 30.8 Å². The average Bonchev–Trinajstić information content (AvgIpc) is 2.75. The van der Waals surface area contributed by atoms with Gasteiger partial charge >= 0.3 is 0 Å². The van der Waals surface area contributed by atoms with Gasteiger partial charge in [-0.3, -0.25) is 9.59 Å². The number of carbonyl (C=O) groups excluding carboxylic acids is 2. The summed E-state index contributed by atoms with van der Waals surface area (Å²) < 4.78 is 5.41. The number of ether oxygens (including phenoxy) is 1. The number of rotatable bonds is 8. The number of carbonyl (C=O) groups is 2. The summed E-state index contributed by atoms with van der Waals surface area (Å²) in [5.41, 5.74) is 4.25. The Bertz CT molecular complexity index is 996. The van der Waals surface area contributed by atoms with Crippen LogP contribution in [-0.2, 0) is 17.8 Å². The molecule has 0 aliphatic carbocycles. The fourth-order valence-corrected chi connectivity index (χ4v) is 2.99. The van der Waals surface area contributed by atoms with E-state index in [1.165, 1.54) is 0 Å². The Morgan fingerprint density at radius 3 is 2.33 bits per heavy atom. The minimum atomic E-state index is -0.160. The molecule has 0 bridgehead atoms. The molecule has 154 valence electrons. The Morgan fingerprint density at radius 1 is 0.900 bits per heavy atom. The summed E-state index contributed by atoms with van der Waals surface area (Å²) in [6.45, 7) is 4.92. The molecular weight excluding hydrogens is 376 g/mol. The van der Waals surface area contributed by atoms with Crippen molar-refractivity contribution in [3.63, 3.8) is 0 Å². The number of nitrogens with one attached hydrogen (secondary N) is 2. The standard InChI is InChI=1S/C25H26N2O3/c1-3-30-23-13-9-19(10-14-23)16-24(28)26-17-20-5-4-6-22(15-20)27-25(29)21-11-7-18(2)8-12-21/h4-15H,3,16-17H2,1-2H3,(H,26,28)(H,27,29). The number of aryl methyl sites for hydroxylation is 1. The molecule has 0 spiro atoms. The Hall–Kier alpha value is -3.60. The second-order valence-electron chi connectivity index (χ2n) is 7.05. The van der Waals surface area contributed by atoms with Crippen molar-refractivity contribution in [1.82, 2.24) is 5.32 Å². The fraction of sp³-hybridized carbons (Fsp3) is 0.200. The van der Waals surface area contributed by atoms with Crippen molar-refractivity contribution in [2.75, 3.05) is 11.9 Å². The quantitative estimate of drug-likeness (QED) is 0.583. The van der Waals surface area contributed by atoms with Gasteiger partial charge in [-0.15, -0.1) is 0 Å². The van der Waals surface area contributed by atoms with Crippen LogP contribution in [0.4, 0.5) is 5.69 Å². The van der Waals surface area contributed by atoms with E-state index in [0.717, 1.165) is 22.4 Å². The molecule has 30 heavy (non-hydrogen) atoms. The van der Waals surface area contributed by atoms with Crippen molar-refractivity contribution in [2.45, 2.75) is 26.8 Å².